The summed E-state index contributed by atoms with van der Waals surface area (Å²) >= 11 is 0. The van der Waals surface area contributed by atoms with Crippen LogP contribution in [0.2, 0.25) is 0 Å². The SMILES string of the molecule is NCC1(OCc2ncccn2)CCCOC1. The Labute approximate surface area is 95.0 Å². The third-order valence-corrected chi connectivity index (χ3v) is 2.78. The van der Waals surface area contributed by atoms with Gasteiger partial charge in [0.05, 0.1) is 6.61 Å². The minimum Gasteiger partial charge on any atom is -0.378 e. The average molecular weight is 223 g/mol. The van der Waals surface area contributed by atoms with Crippen LogP contribution in [0.4, 0.5) is 0 Å². The summed E-state index contributed by atoms with van der Waals surface area (Å²) in [5.41, 5.74) is 5.41. The molecular weight excluding hydrogens is 206 g/mol. The van der Waals surface area contributed by atoms with E-state index in [1.165, 1.54) is 0 Å². The van der Waals surface area contributed by atoms with E-state index in [4.69, 9.17) is 15.2 Å². The highest BCUT2D eigenvalue weighted by atomic mass is 16.5. The fraction of sp³-hybridized carbons (Fsp3) is 0.636. The lowest BCUT2D eigenvalue weighted by molar-refractivity contribution is -0.131. The second-order valence-corrected chi connectivity index (χ2v) is 4.00. The van der Waals surface area contributed by atoms with Gasteiger partial charge in [-0.25, -0.2) is 9.97 Å². The molecule has 88 valence electrons. The van der Waals surface area contributed by atoms with E-state index in [-0.39, 0.29) is 5.60 Å². The number of hydrogen-bond acceptors (Lipinski definition) is 5. The lowest BCUT2D eigenvalue weighted by atomic mass is 9.97. The first-order valence-corrected chi connectivity index (χ1v) is 5.52. The van der Waals surface area contributed by atoms with E-state index in [1.54, 1.807) is 18.5 Å². The number of nitrogens with zero attached hydrogens (tertiary/aromatic N) is 2. The Hall–Kier alpha value is -1.04. The van der Waals surface area contributed by atoms with Crippen molar-refractivity contribution >= 4 is 0 Å². The van der Waals surface area contributed by atoms with Crippen LogP contribution in [0, 0.1) is 0 Å². The average Bonchev–Trinajstić information content (AvgIpc) is 2.39. The van der Waals surface area contributed by atoms with Crippen molar-refractivity contribution in [1.29, 1.82) is 0 Å². The fourth-order valence-electron chi connectivity index (χ4n) is 1.78. The van der Waals surface area contributed by atoms with E-state index in [1.807, 2.05) is 0 Å². The molecule has 1 atom stereocenters. The molecule has 0 amide bonds. The van der Waals surface area contributed by atoms with Gasteiger partial charge in [0.25, 0.3) is 0 Å². The van der Waals surface area contributed by atoms with Crippen molar-refractivity contribution in [2.45, 2.75) is 25.0 Å². The minimum absolute atomic E-state index is 0.350. The molecule has 16 heavy (non-hydrogen) atoms. The van der Waals surface area contributed by atoms with Crippen LogP contribution >= 0.6 is 0 Å². The quantitative estimate of drug-likeness (QED) is 0.805. The third-order valence-electron chi connectivity index (χ3n) is 2.78. The van der Waals surface area contributed by atoms with Crippen molar-refractivity contribution in [3.8, 4) is 0 Å². The Morgan fingerprint density at radius 2 is 2.25 bits per heavy atom. The van der Waals surface area contributed by atoms with Gasteiger partial charge in [-0.1, -0.05) is 0 Å². The Bertz CT molecular complexity index is 312. The summed E-state index contributed by atoms with van der Waals surface area (Å²) in [6, 6.07) is 1.78. The number of nitrogens with two attached hydrogens (primary N) is 1. The maximum absolute atomic E-state index is 5.83. The van der Waals surface area contributed by atoms with Gasteiger partial charge < -0.3 is 15.2 Å². The summed E-state index contributed by atoms with van der Waals surface area (Å²) < 4.78 is 11.2. The van der Waals surface area contributed by atoms with E-state index >= 15 is 0 Å². The van der Waals surface area contributed by atoms with Crippen LogP contribution in [0.3, 0.4) is 0 Å². The molecule has 2 heterocycles. The number of rotatable bonds is 4. The van der Waals surface area contributed by atoms with Gasteiger partial charge in [-0.3, -0.25) is 0 Å². The van der Waals surface area contributed by atoms with Gasteiger partial charge >= 0.3 is 0 Å². The van der Waals surface area contributed by atoms with Crippen molar-refractivity contribution in [2.75, 3.05) is 19.8 Å². The fourth-order valence-corrected chi connectivity index (χ4v) is 1.78. The van der Waals surface area contributed by atoms with Crippen LogP contribution in [0.25, 0.3) is 0 Å². The Morgan fingerprint density at radius 3 is 2.88 bits per heavy atom. The molecule has 1 aromatic rings. The Balaban J connectivity index is 1.92. The zero-order valence-corrected chi connectivity index (χ0v) is 9.26. The molecule has 1 fully saturated rings. The van der Waals surface area contributed by atoms with Crippen molar-refractivity contribution in [3.05, 3.63) is 24.3 Å². The maximum Gasteiger partial charge on any atom is 0.153 e. The number of ether oxygens (including phenoxy) is 2. The van der Waals surface area contributed by atoms with Crippen molar-refractivity contribution < 1.29 is 9.47 Å². The summed E-state index contributed by atoms with van der Waals surface area (Å²) in [6.07, 6.45) is 5.35. The van der Waals surface area contributed by atoms with Crippen molar-refractivity contribution in [3.63, 3.8) is 0 Å². The van der Waals surface area contributed by atoms with Crippen LogP contribution in [-0.2, 0) is 16.1 Å². The van der Waals surface area contributed by atoms with Crippen molar-refractivity contribution in [2.24, 2.45) is 5.73 Å². The summed E-state index contributed by atoms with van der Waals surface area (Å²) in [5, 5.41) is 0. The molecule has 0 spiro atoms. The lowest BCUT2D eigenvalue weighted by Gasteiger charge is -2.35. The summed E-state index contributed by atoms with van der Waals surface area (Å²) in [5.74, 6) is 0.681. The van der Waals surface area contributed by atoms with Gasteiger partial charge in [0, 0.05) is 25.5 Å². The van der Waals surface area contributed by atoms with Crippen LogP contribution < -0.4 is 5.73 Å². The molecule has 5 nitrogen and oxygen atoms in total. The molecule has 1 unspecified atom stereocenters. The van der Waals surface area contributed by atoms with Gasteiger partial charge in [-0.05, 0) is 18.9 Å². The molecule has 0 bridgehead atoms. The molecule has 2 rings (SSSR count). The zero-order chi connectivity index (χ0) is 11.3. The highest BCUT2D eigenvalue weighted by Gasteiger charge is 2.32. The molecule has 5 heteroatoms. The number of aromatic nitrogens is 2. The van der Waals surface area contributed by atoms with E-state index in [2.05, 4.69) is 9.97 Å². The molecule has 1 aromatic heterocycles. The first-order chi connectivity index (χ1) is 7.85. The van der Waals surface area contributed by atoms with Gasteiger partial charge in [0.2, 0.25) is 0 Å². The van der Waals surface area contributed by atoms with Crippen molar-refractivity contribution in [1.82, 2.24) is 9.97 Å². The van der Waals surface area contributed by atoms with E-state index < -0.39 is 0 Å². The standard InChI is InChI=1S/C11H17N3O2/c12-8-11(3-1-6-15-9-11)16-7-10-13-4-2-5-14-10/h2,4-5H,1,3,6-9,12H2. The Kier molecular flexibility index (Phi) is 3.82. The summed E-state index contributed by atoms with van der Waals surface area (Å²) in [6.45, 7) is 2.23. The normalized spacial score (nSPS) is 25.6. The summed E-state index contributed by atoms with van der Waals surface area (Å²) in [7, 11) is 0. The first kappa shape index (κ1) is 11.4. The van der Waals surface area contributed by atoms with Gasteiger partial charge in [-0.15, -0.1) is 0 Å². The van der Waals surface area contributed by atoms with Crippen LogP contribution in [0.1, 0.15) is 18.7 Å². The van der Waals surface area contributed by atoms with E-state index in [9.17, 15) is 0 Å². The molecule has 0 aromatic carbocycles. The highest BCUT2D eigenvalue weighted by Crippen LogP contribution is 2.23. The molecule has 0 radical (unpaired) electrons. The largest absolute Gasteiger partial charge is 0.378 e. The predicted octanol–water partition coefficient (Wildman–Crippen LogP) is 0.501. The third kappa shape index (κ3) is 2.75. The topological polar surface area (TPSA) is 70.3 Å². The van der Waals surface area contributed by atoms with Gasteiger partial charge in [-0.2, -0.15) is 0 Å². The molecular formula is C11H17N3O2. The maximum atomic E-state index is 5.83. The molecule has 0 saturated carbocycles. The molecule has 1 saturated heterocycles. The monoisotopic (exact) mass is 223 g/mol. The van der Waals surface area contributed by atoms with Gasteiger partial charge in [0.1, 0.15) is 12.2 Å². The second kappa shape index (κ2) is 5.34. The molecule has 0 aliphatic carbocycles. The Morgan fingerprint density at radius 1 is 1.44 bits per heavy atom. The van der Waals surface area contributed by atoms with Crippen LogP contribution in [0.5, 0.6) is 0 Å². The first-order valence-electron chi connectivity index (χ1n) is 5.52. The lowest BCUT2D eigenvalue weighted by Crippen LogP contribution is -2.47. The second-order valence-electron chi connectivity index (χ2n) is 4.00. The summed E-state index contributed by atoms with van der Waals surface area (Å²) in [4.78, 5) is 8.22. The molecule has 2 N–H and O–H groups in total. The molecule has 1 aliphatic heterocycles. The van der Waals surface area contributed by atoms with Crippen LogP contribution in [-0.4, -0.2) is 35.3 Å². The number of hydrogen-bond donors (Lipinski definition) is 1. The van der Waals surface area contributed by atoms with E-state index in [0.29, 0.717) is 25.6 Å². The highest BCUT2D eigenvalue weighted by molar-refractivity contribution is 4.89. The predicted molar refractivity (Wildman–Crippen MR) is 58.7 cm³/mol. The minimum atomic E-state index is -0.350. The zero-order valence-electron chi connectivity index (χ0n) is 9.26. The molecule has 1 aliphatic rings. The smallest absolute Gasteiger partial charge is 0.153 e. The van der Waals surface area contributed by atoms with E-state index in [0.717, 1.165) is 19.4 Å². The van der Waals surface area contributed by atoms with Gasteiger partial charge in [0.15, 0.2) is 5.82 Å². The van der Waals surface area contributed by atoms with Crippen LogP contribution in [0.15, 0.2) is 18.5 Å².